The topological polar surface area (TPSA) is 163 Å². The van der Waals surface area contributed by atoms with Crippen molar-refractivity contribution >= 4 is 35.7 Å². The van der Waals surface area contributed by atoms with E-state index in [4.69, 9.17) is 4.74 Å². The molecule has 0 radical (unpaired) electrons. The van der Waals surface area contributed by atoms with Gasteiger partial charge in [0.05, 0.1) is 5.92 Å². The highest BCUT2D eigenvalue weighted by atomic mass is 16.5. The summed E-state index contributed by atoms with van der Waals surface area (Å²) in [6.07, 6.45) is 1.89. The highest BCUT2D eigenvalue weighted by molar-refractivity contribution is 5.97. The zero-order chi connectivity index (χ0) is 27.7. The van der Waals surface area contributed by atoms with Crippen molar-refractivity contribution < 1.29 is 33.8 Å². The lowest BCUT2D eigenvalue weighted by Gasteiger charge is -2.29. The van der Waals surface area contributed by atoms with Gasteiger partial charge in [-0.25, -0.2) is 0 Å². The van der Waals surface area contributed by atoms with Gasteiger partial charge in [0.25, 0.3) is 0 Å². The van der Waals surface area contributed by atoms with E-state index in [0.29, 0.717) is 5.56 Å². The molecule has 5 atom stereocenters. The number of carbonyl (C=O) groups excluding carboxylic acids is 5. The zero-order valence-electron chi connectivity index (χ0n) is 21.7. The third-order valence-corrected chi connectivity index (χ3v) is 5.75. The third-order valence-electron chi connectivity index (χ3n) is 5.75. The normalized spacial score (nSPS) is 26.1. The number of ether oxygens (including phenoxy) is 1. The molecule has 5 N–H and O–H groups in total. The molecule has 0 bridgehead atoms. The number of amides is 4. The van der Waals surface area contributed by atoms with E-state index in [-0.39, 0.29) is 24.6 Å². The van der Waals surface area contributed by atoms with E-state index in [2.05, 4.69) is 21.3 Å². The third kappa shape index (κ3) is 9.25. The molecule has 1 heterocycles. The Morgan fingerprint density at radius 1 is 1.05 bits per heavy atom. The van der Waals surface area contributed by atoms with Crippen molar-refractivity contribution in [2.24, 2.45) is 11.8 Å². The number of esters is 1. The van der Waals surface area contributed by atoms with Crippen LogP contribution in [0.15, 0.2) is 30.3 Å². The average molecular weight is 517 g/mol. The summed E-state index contributed by atoms with van der Waals surface area (Å²) < 4.78 is 5.45. The Hall–Kier alpha value is -3.89. The van der Waals surface area contributed by atoms with Gasteiger partial charge in [-0.1, -0.05) is 32.9 Å². The van der Waals surface area contributed by atoms with Gasteiger partial charge < -0.3 is 31.1 Å². The molecule has 1 aliphatic heterocycles. The van der Waals surface area contributed by atoms with Crippen molar-refractivity contribution in [1.29, 1.82) is 0 Å². The van der Waals surface area contributed by atoms with E-state index in [9.17, 15) is 29.1 Å². The maximum Gasteiger partial charge on any atom is 0.310 e. The standard InChI is InChI=1S/C26H36N4O7/c1-14(2)12-20-24(34)28-16(4)23(33)27-13-15(3)26(36)37-17(5)22(25(35)29-20)30-21(32)11-8-18-6-9-19(31)10-7-18/h6-11,14-17,20,22,31H,12-13H2,1-5H3,(H,27,33)(H,28,34)(H,29,35)(H,30,32)/b11-8+/t15-,16+,17+,20-,22-/m0/s1. The predicted molar refractivity (Wildman–Crippen MR) is 136 cm³/mol. The van der Waals surface area contributed by atoms with Crippen molar-refractivity contribution in [1.82, 2.24) is 21.3 Å². The fourth-order valence-electron chi connectivity index (χ4n) is 3.56. The number of cyclic esters (lactones) is 1. The first-order valence-corrected chi connectivity index (χ1v) is 12.2. The summed E-state index contributed by atoms with van der Waals surface area (Å²) >= 11 is 0. The van der Waals surface area contributed by atoms with Crippen molar-refractivity contribution in [3.05, 3.63) is 35.9 Å². The van der Waals surface area contributed by atoms with Gasteiger partial charge in [0.15, 0.2) is 0 Å². The molecule has 1 fully saturated rings. The molecule has 37 heavy (non-hydrogen) atoms. The minimum Gasteiger partial charge on any atom is -0.508 e. The number of nitrogens with one attached hydrogen (secondary N) is 4. The molecule has 0 unspecified atom stereocenters. The Labute approximate surface area is 216 Å². The second kappa shape index (κ2) is 13.4. The van der Waals surface area contributed by atoms with Crippen molar-refractivity contribution in [2.75, 3.05) is 6.54 Å². The molecule has 0 aromatic heterocycles. The molecule has 202 valence electrons. The van der Waals surface area contributed by atoms with Crippen LogP contribution in [0.25, 0.3) is 6.08 Å². The highest BCUT2D eigenvalue weighted by Gasteiger charge is 2.34. The van der Waals surface area contributed by atoms with Crippen LogP contribution in [0.3, 0.4) is 0 Å². The van der Waals surface area contributed by atoms with Crippen LogP contribution in [0, 0.1) is 11.8 Å². The fraction of sp³-hybridized carbons (Fsp3) is 0.500. The predicted octanol–water partition coefficient (Wildman–Crippen LogP) is 0.623. The number of aromatic hydroxyl groups is 1. The smallest absolute Gasteiger partial charge is 0.310 e. The highest BCUT2D eigenvalue weighted by Crippen LogP contribution is 2.12. The molecule has 1 aromatic rings. The molecule has 1 saturated heterocycles. The first-order valence-electron chi connectivity index (χ1n) is 12.2. The second-order valence-electron chi connectivity index (χ2n) is 9.62. The van der Waals surface area contributed by atoms with E-state index < -0.39 is 59.7 Å². The second-order valence-corrected chi connectivity index (χ2v) is 9.62. The molecule has 0 saturated carbocycles. The van der Waals surface area contributed by atoms with Crippen molar-refractivity contribution in [3.63, 3.8) is 0 Å². The van der Waals surface area contributed by atoms with Gasteiger partial charge in [-0.2, -0.15) is 0 Å². The van der Waals surface area contributed by atoms with Crippen LogP contribution in [0.1, 0.15) is 46.6 Å². The van der Waals surface area contributed by atoms with E-state index in [1.165, 1.54) is 38.1 Å². The molecule has 0 spiro atoms. The van der Waals surface area contributed by atoms with Crippen LogP contribution < -0.4 is 21.3 Å². The largest absolute Gasteiger partial charge is 0.508 e. The Balaban J connectivity index is 2.30. The van der Waals surface area contributed by atoms with E-state index >= 15 is 0 Å². The van der Waals surface area contributed by atoms with Crippen molar-refractivity contribution in [3.8, 4) is 5.75 Å². The van der Waals surface area contributed by atoms with Crippen molar-refractivity contribution in [2.45, 2.75) is 65.3 Å². The summed E-state index contributed by atoms with van der Waals surface area (Å²) in [6.45, 7) is 8.24. The molecule has 0 aliphatic carbocycles. The van der Waals surface area contributed by atoms with Crippen LogP contribution in [0.2, 0.25) is 0 Å². The van der Waals surface area contributed by atoms with Gasteiger partial charge in [-0.15, -0.1) is 0 Å². The number of phenols is 1. The maximum absolute atomic E-state index is 13.3. The summed E-state index contributed by atoms with van der Waals surface area (Å²) in [5, 5.41) is 19.8. The van der Waals surface area contributed by atoms with Gasteiger partial charge in [-0.05, 0) is 50.0 Å². The fourth-order valence-corrected chi connectivity index (χ4v) is 3.56. The van der Waals surface area contributed by atoms with Gasteiger partial charge in [0, 0.05) is 12.6 Å². The molecular formula is C26H36N4O7. The van der Waals surface area contributed by atoms with Gasteiger partial charge in [-0.3, -0.25) is 24.0 Å². The van der Waals surface area contributed by atoms with Gasteiger partial charge in [0.2, 0.25) is 23.6 Å². The van der Waals surface area contributed by atoms with Crippen LogP contribution in [-0.2, 0) is 28.7 Å². The van der Waals surface area contributed by atoms with Gasteiger partial charge >= 0.3 is 5.97 Å². The van der Waals surface area contributed by atoms with Crippen LogP contribution in [-0.4, -0.2) is 65.5 Å². The minimum absolute atomic E-state index is 0.0245. The summed E-state index contributed by atoms with van der Waals surface area (Å²) in [5.74, 6) is -3.65. The van der Waals surface area contributed by atoms with Crippen LogP contribution in [0.5, 0.6) is 5.75 Å². The van der Waals surface area contributed by atoms with Gasteiger partial charge in [0.1, 0.15) is 30.0 Å². The van der Waals surface area contributed by atoms with E-state index in [1.54, 1.807) is 19.1 Å². The first-order chi connectivity index (χ1) is 17.4. The minimum atomic E-state index is -1.30. The molecule has 1 aromatic carbocycles. The number of rotatable bonds is 5. The number of hydrogen-bond donors (Lipinski definition) is 5. The number of benzene rings is 1. The Morgan fingerprint density at radius 2 is 1.70 bits per heavy atom. The number of phenolic OH excluding ortho intramolecular Hbond substituents is 1. The average Bonchev–Trinajstić information content (AvgIpc) is 2.83. The van der Waals surface area contributed by atoms with E-state index in [1.807, 2.05) is 13.8 Å². The first kappa shape index (κ1) is 29.3. The summed E-state index contributed by atoms with van der Waals surface area (Å²) in [7, 11) is 0. The Morgan fingerprint density at radius 3 is 2.32 bits per heavy atom. The number of carbonyl (C=O) groups is 5. The van der Waals surface area contributed by atoms with Crippen LogP contribution in [0.4, 0.5) is 0 Å². The summed E-state index contributed by atoms with van der Waals surface area (Å²) in [6, 6.07) is 2.96. The SMILES string of the molecule is CC(C)C[C@@H]1NC(=O)[C@@H](NC(=O)/C=C/c2ccc(O)cc2)[C@@H](C)OC(=O)[C@@H](C)CNC(=O)[C@@H](C)NC1=O. The lowest BCUT2D eigenvalue weighted by molar-refractivity contribution is -0.156. The molecule has 2 rings (SSSR count). The Kier molecular flexibility index (Phi) is 10.6. The van der Waals surface area contributed by atoms with Crippen LogP contribution >= 0.6 is 0 Å². The number of hydrogen-bond acceptors (Lipinski definition) is 7. The quantitative estimate of drug-likeness (QED) is 0.283. The lowest BCUT2D eigenvalue weighted by Crippen LogP contribution is -2.59. The summed E-state index contributed by atoms with van der Waals surface area (Å²) in [5.41, 5.74) is 0.640. The zero-order valence-corrected chi connectivity index (χ0v) is 21.7. The Bertz CT molecular complexity index is 1020. The summed E-state index contributed by atoms with van der Waals surface area (Å²) in [4.78, 5) is 63.8. The monoisotopic (exact) mass is 516 g/mol. The van der Waals surface area contributed by atoms with E-state index in [0.717, 1.165) is 0 Å². The molecule has 11 heteroatoms. The maximum atomic E-state index is 13.3. The molecule has 11 nitrogen and oxygen atoms in total. The lowest BCUT2D eigenvalue weighted by atomic mass is 10.0. The molecular weight excluding hydrogens is 480 g/mol. The molecule has 1 aliphatic rings. The molecule has 4 amide bonds.